The van der Waals surface area contributed by atoms with Crippen LogP contribution in [0.2, 0.25) is 0 Å². The van der Waals surface area contributed by atoms with Crippen LogP contribution in [-0.4, -0.2) is 35.2 Å². The maximum atomic E-state index is 13.3. The molecule has 0 bridgehead atoms. The van der Waals surface area contributed by atoms with Crippen LogP contribution in [0.25, 0.3) is 0 Å². The van der Waals surface area contributed by atoms with E-state index in [1.54, 1.807) is 20.8 Å². The number of ether oxygens (including phenoxy) is 3. The summed E-state index contributed by atoms with van der Waals surface area (Å²) in [5.41, 5.74) is -0.0441. The molecule has 1 aliphatic heterocycles. The summed E-state index contributed by atoms with van der Waals surface area (Å²) in [6.07, 6.45) is 6.01. The molecule has 0 aliphatic carbocycles. The number of rotatable bonds is 6. The molecular formula is C27H31NO5. The summed E-state index contributed by atoms with van der Waals surface area (Å²) in [6.45, 7) is 5.82. The highest BCUT2D eigenvalue weighted by Crippen LogP contribution is 2.46. The average Bonchev–Trinajstić information content (AvgIpc) is 3.18. The number of likely N-dealkylation sites (tertiary alicyclic amines) is 1. The van der Waals surface area contributed by atoms with E-state index in [1.807, 2.05) is 54.6 Å². The molecule has 0 saturated carbocycles. The molecule has 3 rings (SSSR count). The molecule has 2 aromatic carbocycles. The molecule has 6 heteroatoms. The Bertz CT molecular complexity index is 1000. The van der Waals surface area contributed by atoms with Crippen molar-refractivity contribution in [1.29, 1.82) is 0 Å². The van der Waals surface area contributed by atoms with E-state index in [4.69, 9.17) is 20.6 Å². The number of hydrogen-bond acceptors (Lipinski definition) is 5. The Hall–Kier alpha value is -3.46. The fourth-order valence-corrected chi connectivity index (χ4v) is 4.18. The van der Waals surface area contributed by atoms with Gasteiger partial charge < -0.3 is 14.2 Å². The van der Waals surface area contributed by atoms with E-state index in [0.29, 0.717) is 25.2 Å². The minimum atomic E-state index is -1.26. The van der Waals surface area contributed by atoms with Gasteiger partial charge in [0.15, 0.2) is 5.54 Å². The van der Waals surface area contributed by atoms with Gasteiger partial charge in [-0.3, -0.25) is 4.90 Å². The Labute approximate surface area is 195 Å². The number of terminal acetylenes is 1. The van der Waals surface area contributed by atoms with Gasteiger partial charge >= 0.3 is 12.1 Å². The lowest BCUT2D eigenvalue weighted by molar-refractivity contribution is -0.153. The van der Waals surface area contributed by atoms with Crippen LogP contribution in [-0.2, 0) is 20.9 Å². The highest BCUT2D eigenvalue weighted by Gasteiger charge is 2.56. The molecule has 1 aliphatic rings. The van der Waals surface area contributed by atoms with Gasteiger partial charge in [-0.1, -0.05) is 42.5 Å². The van der Waals surface area contributed by atoms with Crippen LogP contribution in [0.1, 0.15) is 57.2 Å². The number of nitrogens with zero attached hydrogens (tertiary/aromatic N) is 1. The quantitative estimate of drug-likeness (QED) is 0.444. The summed E-state index contributed by atoms with van der Waals surface area (Å²) >= 11 is 0. The second-order valence-corrected chi connectivity index (χ2v) is 9.15. The van der Waals surface area contributed by atoms with Gasteiger partial charge in [0.1, 0.15) is 18.0 Å². The van der Waals surface area contributed by atoms with Gasteiger partial charge in [-0.25, -0.2) is 9.59 Å². The smallest absolute Gasteiger partial charge is 0.411 e. The van der Waals surface area contributed by atoms with Gasteiger partial charge in [0.05, 0.1) is 13.2 Å². The van der Waals surface area contributed by atoms with Gasteiger partial charge in [-0.2, -0.15) is 0 Å². The van der Waals surface area contributed by atoms with Crippen molar-refractivity contribution in [2.24, 2.45) is 0 Å². The monoisotopic (exact) mass is 449 g/mol. The van der Waals surface area contributed by atoms with Gasteiger partial charge in [0.2, 0.25) is 0 Å². The predicted molar refractivity (Wildman–Crippen MR) is 125 cm³/mol. The van der Waals surface area contributed by atoms with Crippen LogP contribution in [0.5, 0.6) is 5.75 Å². The molecule has 33 heavy (non-hydrogen) atoms. The number of esters is 1. The van der Waals surface area contributed by atoms with Gasteiger partial charge in [0, 0.05) is 6.42 Å². The van der Waals surface area contributed by atoms with Crippen LogP contribution in [0.4, 0.5) is 4.79 Å². The number of benzene rings is 2. The first-order chi connectivity index (χ1) is 15.7. The molecule has 1 heterocycles. The van der Waals surface area contributed by atoms with Gasteiger partial charge in [-0.15, -0.1) is 12.3 Å². The number of hydrogen-bond donors (Lipinski definition) is 0. The van der Waals surface area contributed by atoms with E-state index in [9.17, 15) is 9.59 Å². The standard InChI is InChI=1S/C27H31NO5/c1-6-17-27(24(29)31-5)18-16-23(28(27)25(30)33-26(2,3)4)21-12-14-22(15-13-21)32-19-20-10-8-7-9-11-20/h1,7-15,23H,16-19H2,2-5H3/t23?,27-/m1/s1. The summed E-state index contributed by atoms with van der Waals surface area (Å²) < 4.78 is 16.6. The van der Waals surface area contributed by atoms with E-state index >= 15 is 0 Å². The Morgan fingerprint density at radius 1 is 1.12 bits per heavy atom. The highest BCUT2D eigenvalue weighted by atomic mass is 16.6. The van der Waals surface area contributed by atoms with Crippen molar-refractivity contribution in [1.82, 2.24) is 4.90 Å². The molecule has 0 radical (unpaired) electrons. The van der Waals surface area contributed by atoms with Crippen molar-refractivity contribution in [3.05, 3.63) is 65.7 Å². The summed E-state index contributed by atoms with van der Waals surface area (Å²) in [6, 6.07) is 17.1. The summed E-state index contributed by atoms with van der Waals surface area (Å²) in [4.78, 5) is 27.6. The van der Waals surface area contributed by atoms with Gasteiger partial charge in [-0.05, 0) is 56.9 Å². The third-order valence-electron chi connectivity index (χ3n) is 5.67. The maximum absolute atomic E-state index is 13.3. The van der Waals surface area contributed by atoms with Crippen LogP contribution in [0.15, 0.2) is 54.6 Å². The Morgan fingerprint density at radius 2 is 1.79 bits per heavy atom. The first-order valence-electron chi connectivity index (χ1n) is 11.0. The zero-order valence-corrected chi connectivity index (χ0v) is 19.7. The molecule has 0 N–H and O–H groups in total. The van der Waals surface area contributed by atoms with E-state index in [1.165, 1.54) is 12.0 Å². The van der Waals surface area contributed by atoms with Crippen LogP contribution < -0.4 is 4.74 Å². The molecule has 1 amide bonds. The zero-order valence-electron chi connectivity index (χ0n) is 19.7. The fraction of sp³-hybridized carbons (Fsp3) is 0.407. The fourth-order valence-electron chi connectivity index (χ4n) is 4.18. The summed E-state index contributed by atoms with van der Waals surface area (Å²) in [5.74, 6) is 2.74. The molecule has 174 valence electrons. The second kappa shape index (κ2) is 9.99. The summed E-state index contributed by atoms with van der Waals surface area (Å²) in [5, 5.41) is 0. The van der Waals surface area contributed by atoms with Crippen molar-refractivity contribution in [2.45, 2.75) is 63.8 Å². The molecule has 0 aromatic heterocycles. The molecule has 1 unspecified atom stereocenters. The largest absolute Gasteiger partial charge is 0.489 e. The van der Waals surface area contributed by atoms with E-state index < -0.39 is 23.2 Å². The van der Waals surface area contributed by atoms with Crippen molar-refractivity contribution in [2.75, 3.05) is 7.11 Å². The van der Waals surface area contributed by atoms with Crippen molar-refractivity contribution in [3.8, 4) is 18.1 Å². The lowest BCUT2D eigenvalue weighted by atomic mass is 9.92. The molecule has 6 nitrogen and oxygen atoms in total. The van der Waals surface area contributed by atoms with E-state index in [-0.39, 0.29) is 12.5 Å². The first-order valence-corrected chi connectivity index (χ1v) is 11.0. The number of methoxy groups -OCH3 is 1. The lowest BCUT2D eigenvalue weighted by Gasteiger charge is -2.38. The van der Waals surface area contributed by atoms with Gasteiger partial charge in [0.25, 0.3) is 0 Å². The van der Waals surface area contributed by atoms with Crippen LogP contribution in [0, 0.1) is 12.3 Å². The molecule has 1 fully saturated rings. The molecule has 1 saturated heterocycles. The minimum absolute atomic E-state index is 0.0493. The van der Waals surface area contributed by atoms with Crippen molar-refractivity contribution < 1.29 is 23.8 Å². The second-order valence-electron chi connectivity index (χ2n) is 9.15. The Morgan fingerprint density at radius 3 is 2.36 bits per heavy atom. The Kier molecular flexibility index (Phi) is 7.33. The Balaban J connectivity index is 1.87. The highest BCUT2D eigenvalue weighted by molar-refractivity contribution is 5.87. The number of amides is 1. The van der Waals surface area contributed by atoms with Crippen molar-refractivity contribution >= 4 is 12.1 Å². The normalized spacial score (nSPS) is 20.1. The molecular weight excluding hydrogens is 418 g/mol. The van der Waals surface area contributed by atoms with Crippen molar-refractivity contribution in [3.63, 3.8) is 0 Å². The van der Waals surface area contributed by atoms with E-state index in [0.717, 1.165) is 11.1 Å². The number of carbonyl (C=O) groups is 2. The first kappa shape index (κ1) is 24.2. The molecule has 0 spiro atoms. The molecule has 2 aromatic rings. The maximum Gasteiger partial charge on any atom is 0.411 e. The predicted octanol–water partition coefficient (Wildman–Crippen LogP) is 5.27. The van der Waals surface area contributed by atoms with E-state index in [2.05, 4.69) is 5.92 Å². The molecule has 2 atom stereocenters. The minimum Gasteiger partial charge on any atom is -0.489 e. The topological polar surface area (TPSA) is 65.1 Å². The average molecular weight is 450 g/mol. The van der Waals surface area contributed by atoms with Crippen LogP contribution >= 0.6 is 0 Å². The number of carbonyl (C=O) groups excluding carboxylic acids is 2. The zero-order chi connectivity index (χ0) is 24.1. The van der Waals surface area contributed by atoms with Crippen LogP contribution in [0.3, 0.4) is 0 Å². The summed E-state index contributed by atoms with van der Waals surface area (Å²) in [7, 11) is 1.31. The third-order valence-corrected chi connectivity index (χ3v) is 5.67. The lowest BCUT2D eigenvalue weighted by Crippen LogP contribution is -2.55. The third kappa shape index (κ3) is 5.48. The SMILES string of the molecule is C#CC[C@]1(C(=O)OC)CCC(c2ccc(OCc3ccccc3)cc2)N1C(=O)OC(C)(C)C.